The van der Waals surface area contributed by atoms with Crippen molar-refractivity contribution in [2.24, 2.45) is 5.92 Å². The van der Waals surface area contributed by atoms with Crippen molar-refractivity contribution in [1.82, 2.24) is 15.2 Å². The van der Waals surface area contributed by atoms with E-state index in [1.807, 2.05) is 0 Å². The number of halogens is 1. The third-order valence-corrected chi connectivity index (χ3v) is 5.28. The molecule has 0 aliphatic carbocycles. The minimum atomic E-state index is -3.27. The Balaban J connectivity index is 1.72. The summed E-state index contributed by atoms with van der Waals surface area (Å²) in [5.74, 6) is 0.707. The molecule has 8 heteroatoms. The smallest absolute Gasteiger partial charge is 0.178 e. The molecule has 2 aromatic rings. The van der Waals surface area contributed by atoms with E-state index < -0.39 is 9.84 Å². The summed E-state index contributed by atoms with van der Waals surface area (Å²) in [6.07, 6.45) is 6.41. The van der Waals surface area contributed by atoms with Gasteiger partial charge in [0.05, 0.1) is 18.1 Å². The van der Waals surface area contributed by atoms with Crippen molar-refractivity contribution >= 4 is 15.7 Å². The third kappa shape index (κ3) is 3.69. The van der Waals surface area contributed by atoms with Gasteiger partial charge in [-0.1, -0.05) is 0 Å². The molecule has 6 nitrogen and oxygen atoms in total. The average Bonchev–Trinajstić information content (AvgIpc) is 2.96. The van der Waals surface area contributed by atoms with E-state index in [-0.39, 0.29) is 10.7 Å². The van der Waals surface area contributed by atoms with E-state index in [0.717, 1.165) is 31.7 Å². The van der Waals surface area contributed by atoms with E-state index in [1.165, 1.54) is 24.7 Å². The number of nitrogens with zero attached hydrogens (tertiary/aromatic N) is 3. The highest BCUT2D eigenvalue weighted by Crippen LogP contribution is 2.25. The minimum absolute atomic E-state index is 0.273. The zero-order valence-corrected chi connectivity index (χ0v) is 13.7. The topological polar surface area (TPSA) is 79.0 Å². The average molecular weight is 338 g/mol. The van der Waals surface area contributed by atoms with Crippen LogP contribution in [-0.2, 0) is 16.3 Å². The summed E-state index contributed by atoms with van der Waals surface area (Å²) in [6, 6.07) is 3.08. The van der Waals surface area contributed by atoms with Crippen LogP contribution in [0.15, 0.2) is 29.4 Å². The van der Waals surface area contributed by atoms with Crippen LogP contribution in [0.1, 0.15) is 18.5 Å². The highest BCUT2D eigenvalue weighted by atomic mass is 32.2. The fourth-order valence-corrected chi connectivity index (χ4v) is 3.87. The molecule has 1 N–H and O–H groups in total. The second kappa shape index (κ2) is 6.27. The molecule has 1 saturated heterocycles. The number of sulfone groups is 1. The van der Waals surface area contributed by atoms with E-state index in [0.29, 0.717) is 18.0 Å². The molecule has 1 atom stereocenters. The standard InChI is InChI=1S/C15H19FN4O2S/c1-23(21,22)14-9-18-19-13(14)7-11-3-2-6-20(10-11)15-5-4-12(16)8-17-15/h4-5,8-9,11H,2-3,6-7,10H2,1H3,(H,18,19)/t11-/m0/s1. The highest BCUT2D eigenvalue weighted by molar-refractivity contribution is 7.90. The maximum absolute atomic E-state index is 13.0. The number of aromatic nitrogens is 3. The Morgan fingerprint density at radius 1 is 1.39 bits per heavy atom. The van der Waals surface area contributed by atoms with Crippen LogP contribution in [0.3, 0.4) is 0 Å². The van der Waals surface area contributed by atoms with Crippen molar-refractivity contribution in [3.63, 3.8) is 0 Å². The van der Waals surface area contributed by atoms with Gasteiger partial charge in [-0.25, -0.2) is 17.8 Å². The van der Waals surface area contributed by atoms with Gasteiger partial charge in [0.15, 0.2) is 9.84 Å². The third-order valence-electron chi connectivity index (χ3n) is 4.13. The minimum Gasteiger partial charge on any atom is -0.356 e. The van der Waals surface area contributed by atoms with Crippen molar-refractivity contribution in [3.8, 4) is 0 Å². The normalized spacial score (nSPS) is 19.0. The Morgan fingerprint density at radius 3 is 2.91 bits per heavy atom. The number of piperidine rings is 1. The largest absolute Gasteiger partial charge is 0.356 e. The van der Waals surface area contributed by atoms with Gasteiger partial charge in [-0.05, 0) is 37.3 Å². The molecule has 124 valence electrons. The number of rotatable bonds is 4. The predicted molar refractivity (Wildman–Crippen MR) is 84.5 cm³/mol. The number of pyridine rings is 1. The van der Waals surface area contributed by atoms with Gasteiger partial charge in [0.1, 0.15) is 16.5 Å². The maximum Gasteiger partial charge on any atom is 0.178 e. The number of hydrogen-bond donors (Lipinski definition) is 1. The molecule has 0 bridgehead atoms. The van der Waals surface area contributed by atoms with Crippen LogP contribution in [0.5, 0.6) is 0 Å². The van der Waals surface area contributed by atoms with Crippen LogP contribution in [0.25, 0.3) is 0 Å². The van der Waals surface area contributed by atoms with E-state index in [2.05, 4.69) is 20.1 Å². The summed E-state index contributed by atoms with van der Waals surface area (Å²) in [4.78, 5) is 6.51. The van der Waals surface area contributed by atoms with Gasteiger partial charge < -0.3 is 4.90 Å². The number of nitrogens with one attached hydrogen (secondary N) is 1. The maximum atomic E-state index is 13.0. The number of hydrogen-bond acceptors (Lipinski definition) is 5. The summed E-state index contributed by atoms with van der Waals surface area (Å²) in [5, 5.41) is 6.68. The summed E-state index contributed by atoms with van der Waals surface area (Å²) in [7, 11) is -3.27. The summed E-state index contributed by atoms with van der Waals surface area (Å²) in [6.45, 7) is 1.64. The van der Waals surface area contributed by atoms with Crippen LogP contribution < -0.4 is 4.90 Å². The highest BCUT2D eigenvalue weighted by Gasteiger charge is 2.24. The van der Waals surface area contributed by atoms with Crippen LogP contribution in [0.2, 0.25) is 0 Å². The molecule has 23 heavy (non-hydrogen) atoms. The van der Waals surface area contributed by atoms with Crippen LogP contribution >= 0.6 is 0 Å². The Kier molecular flexibility index (Phi) is 4.34. The molecule has 3 rings (SSSR count). The molecule has 0 amide bonds. The molecule has 2 aromatic heterocycles. The first-order valence-electron chi connectivity index (χ1n) is 7.52. The van der Waals surface area contributed by atoms with Crippen molar-refractivity contribution in [2.75, 3.05) is 24.2 Å². The van der Waals surface area contributed by atoms with Gasteiger partial charge in [-0.15, -0.1) is 0 Å². The number of anilines is 1. The molecular formula is C15H19FN4O2S. The molecule has 0 radical (unpaired) electrons. The molecule has 1 fully saturated rings. The van der Waals surface area contributed by atoms with Crippen molar-refractivity contribution in [1.29, 1.82) is 0 Å². The van der Waals surface area contributed by atoms with E-state index in [9.17, 15) is 12.8 Å². The lowest BCUT2D eigenvalue weighted by Gasteiger charge is -2.33. The fourth-order valence-electron chi connectivity index (χ4n) is 3.05. The summed E-state index contributed by atoms with van der Waals surface area (Å²) < 4.78 is 36.5. The molecule has 1 aliphatic heterocycles. The molecule has 0 spiro atoms. The first-order valence-corrected chi connectivity index (χ1v) is 9.41. The Hall–Kier alpha value is -1.96. The quantitative estimate of drug-likeness (QED) is 0.920. The lowest BCUT2D eigenvalue weighted by Crippen LogP contribution is -2.36. The molecule has 0 unspecified atom stereocenters. The van der Waals surface area contributed by atoms with Gasteiger partial charge in [-0.3, -0.25) is 5.10 Å². The molecule has 0 saturated carbocycles. The van der Waals surface area contributed by atoms with Crippen LogP contribution in [0.4, 0.5) is 10.2 Å². The van der Waals surface area contributed by atoms with E-state index in [4.69, 9.17) is 0 Å². The first-order chi connectivity index (χ1) is 10.9. The van der Waals surface area contributed by atoms with Crippen molar-refractivity contribution < 1.29 is 12.8 Å². The second-order valence-electron chi connectivity index (χ2n) is 5.98. The van der Waals surface area contributed by atoms with Gasteiger partial charge >= 0.3 is 0 Å². The SMILES string of the molecule is CS(=O)(=O)c1cn[nH]c1C[C@@H]1CCCN(c2ccc(F)cn2)C1. The van der Waals surface area contributed by atoms with Gasteiger partial charge in [0, 0.05) is 19.3 Å². The predicted octanol–water partition coefficient (Wildman–Crippen LogP) is 1.81. The van der Waals surface area contributed by atoms with Crippen molar-refractivity contribution in [2.45, 2.75) is 24.2 Å². The van der Waals surface area contributed by atoms with Crippen LogP contribution in [-0.4, -0.2) is 42.9 Å². The lowest BCUT2D eigenvalue weighted by molar-refractivity contribution is 0.406. The first kappa shape index (κ1) is 15.9. The van der Waals surface area contributed by atoms with Crippen LogP contribution in [0, 0.1) is 11.7 Å². The number of aromatic amines is 1. The second-order valence-corrected chi connectivity index (χ2v) is 7.96. The molecular weight excluding hydrogens is 319 g/mol. The summed E-state index contributed by atoms with van der Waals surface area (Å²) >= 11 is 0. The van der Waals surface area contributed by atoms with Gasteiger partial charge in [0.2, 0.25) is 0 Å². The monoisotopic (exact) mass is 338 g/mol. The van der Waals surface area contributed by atoms with E-state index >= 15 is 0 Å². The van der Waals surface area contributed by atoms with E-state index in [1.54, 1.807) is 6.07 Å². The van der Waals surface area contributed by atoms with Gasteiger partial charge in [-0.2, -0.15) is 5.10 Å². The number of H-pyrrole nitrogens is 1. The Labute approximate surface area is 134 Å². The Morgan fingerprint density at radius 2 is 2.22 bits per heavy atom. The molecule has 1 aliphatic rings. The zero-order valence-electron chi connectivity index (χ0n) is 12.9. The molecule has 3 heterocycles. The van der Waals surface area contributed by atoms with Gasteiger partial charge in [0.25, 0.3) is 0 Å². The molecule has 0 aromatic carbocycles. The lowest BCUT2D eigenvalue weighted by atomic mass is 9.93. The summed E-state index contributed by atoms with van der Waals surface area (Å²) in [5.41, 5.74) is 0.659. The zero-order chi connectivity index (χ0) is 16.4. The van der Waals surface area contributed by atoms with Crippen molar-refractivity contribution in [3.05, 3.63) is 36.0 Å². The Bertz CT molecular complexity index is 773. The fraction of sp³-hybridized carbons (Fsp3) is 0.467.